The number of likely N-dealkylation sites (tertiary alicyclic amines) is 1. The molecule has 0 aromatic carbocycles. The first-order chi connectivity index (χ1) is 12.9. The topological polar surface area (TPSA) is 62.2 Å². The van der Waals surface area contributed by atoms with Gasteiger partial charge < -0.3 is 9.64 Å². The molecule has 2 fully saturated rings. The van der Waals surface area contributed by atoms with Gasteiger partial charge in [-0.3, -0.25) is 9.80 Å². The highest BCUT2D eigenvalue weighted by Gasteiger charge is 2.61. The number of alkyl halides is 3. The zero-order valence-electron chi connectivity index (χ0n) is 14.7. The minimum Gasteiger partial charge on any atom is -0.462 e. The van der Waals surface area contributed by atoms with Crippen LogP contribution in [-0.4, -0.2) is 76.3 Å². The predicted octanol–water partition coefficient (Wildman–Crippen LogP) is 1.81. The number of rotatable bonds is 2. The zero-order valence-corrected chi connectivity index (χ0v) is 15.5. The van der Waals surface area contributed by atoms with Crippen LogP contribution >= 0.6 is 11.8 Å². The fourth-order valence-electron chi connectivity index (χ4n) is 4.09. The largest absolute Gasteiger partial charge is 0.462 e. The van der Waals surface area contributed by atoms with Crippen molar-refractivity contribution < 1.29 is 27.5 Å². The maximum atomic E-state index is 14.7. The Kier molecular flexibility index (Phi) is 4.85. The van der Waals surface area contributed by atoms with Gasteiger partial charge in [0.1, 0.15) is 17.9 Å². The number of hydrogen-bond donors (Lipinski definition) is 0. The van der Waals surface area contributed by atoms with Crippen LogP contribution in [0, 0.1) is 5.92 Å². The summed E-state index contributed by atoms with van der Waals surface area (Å²) < 4.78 is 48.5. The highest BCUT2D eigenvalue weighted by Crippen LogP contribution is 2.47. The molecular weight excluding hydrogens is 383 g/mol. The number of carbonyl (C=O) groups excluding carboxylic acids is 2. The molecule has 1 aliphatic carbocycles. The monoisotopic (exact) mass is 403 g/mol. The van der Waals surface area contributed by atoms with E-state index < -0.39 is 47.5 Å². The van der Waals surface area contributed by atoms with Crippen molar-refractivity contribution in [2.24, 2.45) is 11.0 Å². The van der Waals surface area contributed by atoms with Crippen molar-refractivity contribution in [3.8, 4) is 0 Å². The fraction of sp³-hybridized carbons (Fsp3) is 0.706. The van der Waals surface area contributed by atoms with Gasteiger partial charge in [0.15, 0.2) is 17.1 Å². The molecule has 3 aliphatic heterocycles. The molecule has 10 heteroatoms. The molecule has 6 atom stereocenters. The van der Waals surface area contributed by atoms with E-state index in [9.17, 15) is 22.8 Å². The van der Waals surface area contributed by atoms with Crippen molar-refractivity contribution in [3.63, 3.8) is 0 Å². The van der Waals surface area contributed by atoms with Gasteiger partial charge in [-0.25, -0.2) is 18.0 Å². The third-order valence-electron chi connectivity index (χ3n) is 5.42. The number of amidine groups is 1. The molecule has 0 radical (unpaired) electrons. The van der Waals surface area contributed by atoms with E-state index >= 15 is 0 Å². The lowest BCUT2D eigenvalue weighted by molar-refractivity contribution is -0.144. The van der Waals surface area contributed by atoms with E-state index in [0.29, 0.717) is 5.17 Å². The van der Waals surface area contributed by atoms with E-state index in [1.807, 2.05) is 4.90 Å². The number of halogens is 3. The van der Waals surface area contributed by atoms with Crippen molar-refractivity contribution in [1.29, 1.82) is 0 Å². The first kappa shape index (κ1) is 18.6. The number of carbonyl (C=O) groups is 2. The zero-order chi connectivity index (χ0) is 19.3. The van der Waals surface area contributed by atoms with E-state index in [1.165, 1.54) is 11.2 Å². The molecule has 0 spiro atoms. The molecule has 4 aliphatic rings. The van der Waals surface area contributed by atoms with Crippen LogP contribution in [0.1, 0.15) is 19.8 Å². The summed E-state index contributed by atoms with van der Waals surface area (Å²) in [5, 5.41) is 5.24. The van der Waals surface area contributed by atoms with Crippen LogP contribution in [0.5, 0.6) is 0 Å². The Bertz CT molecular complexity index is 713. The SMILES string of the molecule is CCOC(=O)C1=CN2N=C(N3CCCC3)SC3C(F)C(F)C(F)C(C1=O)C32. The summed E-state index contributed by atoms with van der Waals surface area (Å²) in [5.74, 6) is -3.24. The maximum Gasteiger partial charge on any atom is 0.343 e. The van der Waals surface area contributed by atoms with Crippen molar-refractivity contribution >= 4 is 28.7 Å². The van der Waals surface area contributed by atoms with Gasteiger partial charge in [-0.05, 0) is 19.8 Å². The van der Waals surface area contributed by atoms with Crippen LogP contribution < -0.4 is 0 Å². The third-order valence-corrected chi connectivity index (χ3v) is 6.78. The number of thioether (sulfide) groups is 1. The summed E-state index contributed by atoms with van der Waals surface area (Å²) in [7, 11) is 0. The maximum absolute atomic E-state index is 14.7. The molecule has 0 aromatic heterocycles. The van der Waals surface area contributed by atoms with Gasteiger partial charge in [0.25, 0.3) is 0 Å². The number of hydrazone groups is 1. The average molecular weight is 403 g/mol. The Labute approximate surface area is 158 Å². The van der Waals surface area contributed by atoms with Gasteiger partial charge in [-0.1, -0.05) is 11.8 Å². The number of ketones is 1. The van der Waals surface area contributed by atoms with Gasteiger partial charge in [-0.2, -0.15) is 0 Å². The molecule has 0 amide bonds. The molecule has 148 valence electrons. The van der Waals surface area contributed by atoms with E-state index in [1.54, 1.807) is 6.92 Å². The van der Waals surface area contributed by atoms with E-state index in [0.717, 1.165) is 37.7 Å². The minimum atomic E-state index is -2.42. The molecule has 3 heterocycles. The van der Waals surface area contributed by atoms with E-state index in [2.05, 4.69) is 5.10 Å². The molecule has 6 unspecified atom stereocenters. The smallest absolute Gasteiger partial charge is 0.343 e. The summed E-state index contributed by atoms with van der Waals surface area (Å²) in [6.45, 7) is 3.11. The molecule has 27 heavy (non-hydrogen) atoms. The molecule has 0 N–H and O–H groups in total. The molecule has 4 rings (SSSR count). The van der Waals surface area contributed by atoms with Crippen LogP contribution in [0.4, 0.5) is 13.2 Å². The van der Waals surface area contributed by atoms with Gasteiger partial charge in [0, 0.05) is 19.3 Å². The molecule has 6 nitrogen and oxygen atoms in total. The van der Waals surface area contributed by atoms with E-state index in [-0.39, 0.29) is 12.2 Å². The summed E-state index contributed by atoms with van der Waals surface area (Å²) in [6, 6.07) is -0.968. The second kappa shape index (κ2) is 7.03. The number of ether oxygens (including phenoxy) is 1. The van der Waals surface area contributed by atoms with Crippen LogP contribution in [0.3, 0.4) is 0 Å². The predicted molar refractivity (Wildman–Crippen MR) is 93.1 cm³/mol. The van der Waals surface area contributed by atoms with Crippen LogP contribution in [0.15, 0.2) is 16.9 Å². The van der Waals surface area contributed by atoms with Gasteiger partial charge in [-0.15, -0.1) is 5.10 Å². The van der Waals surface area contributed by atoms with Gasteiger partial charge >= 0.3 is 5.97 Å². The second-order valence-corrected chi connectivity index (χ2v) is 8.16. The molecular formula is C17H20F3N3O3S. The quantitative estimate of drug-likeness (QED) is 0.518. The Morgan fingerprint density at radius 3 is 2.63 bits per heavy atom. The van der Waals surface area contributed by atoms with Crippen molar-refractivity contribution in [2.45, 2.75) is 49.6 Å². The molecule has 1 saturated heterocycles. The molecule has 1 saturated carbocycles. The standard InChI is InChI=1S/C17H20F3N3O3S/c1-2-26-16(25)8-7-23-13-9(14(8)24)10(18)11(19)12(20)15(13)27-17(21-23)22-5-3-4-6-22/h7,9-13,15H,2-6H2,1H3. The normalized spacial score (nSPS) is 38.3. The summed E-state index contributed by atoms with van der Waals surface area (Å²) in [4.78, 5) is 26.8. The Balaban J connectivity index is 1.77. The highest BCUT2D eigenvalue weighted by molar-refractivity contribution is 8.14. The number of Topliss-reactive ketones (excluding diaryl/α,β-unsaturated/α-hetero) is 1. The Hall–Kier alpha value is -1.71. The minimum absolute atomic E-state index is 0.0374. The molecule has 0 aromatic rings. The highest BCUT2D eigenvalue weighted by atomic mass is 32.2. The third kappa shape index (κ3) is 2.92. The lowest BCUT2D eigenvalue weighted by Crippen LogP contribution is -2.65. The number of hydrogen-bond acceptors (Lipinski definition) is 7. The van der Waals surface area contributed by atoms with Gasteiger partial charge in [0.2, 0.25) is 0 Å². The number of nitrogens with zero attached hydrogens (tertiary/aromatic N) is 3. The Morgan fingerprint density at radius 1 is 1.26 bits per heavy atom. The second-order valence-electron chi connectivity index (χ2n) is 7.02. The Morgan fingerprint density at radius 2 is 1.96 bits per heavy atom. The summed E-state index contributed by atoms with van der Waals surface area (Å²) >= 11 is 1.06. The van der Waals surface area contributed by atoms with Crippen LogP contribution in [0.25, 0.3) is 0 Å². The lowest BCUT2D eigenvalue weighted by atomic mass is 9.74. The van der Waals surface area contributed by atoms with Crippen molar-refractivity contribution in [1.82, 2.24) is 9.91 Å². The first-order valence-electron chi connectivity index (χ1n) is 9.08. The average Bonchev–Trinajstić information content (AvgIpc) is 3.19. The molecule has 0 bridgehead atoms. The summed E-state index contributed by atoms with van der Waals surface area (Å²) in [6.07, 6.45) is -3.69. The fourth-order valence-corrected chi connectivity index (χ4v) is 5.52. The van der Waals surface area contributed by atoms with Gasteiger partial charge in [0.05, 0.1) is 23.8 Å². The van der Waals surface area contributed by atoms with Crippen molar-refractivity contribution in [2.75, 3.05) is 19.7 Å². The van der Waals surface area contributed by atoms with Crippen LogP contribution in [0.2, 0.25) is 0 Å². The van der Waals surface area contributed by atoms with E-state index in [4.69, 9.17) is 4.74 Å². The summed E-state index contributed by atoms with van der Waals surface area (Å²) in [5.41, 5.74) is -0.375. The van der Waals surface area contributed by atoms with Crippen LogP contribution in [-0.2, 0) is 14.3 Å². The number of esters is 1. The lowest BCUT2D eigenvalue weighted by Gasteiger charge is -2.50. The first-order valence-corrected chi connectivity index (χ1v) is 9.96. The van der Waals surface area contributed by atoms with Crippen molar-refractivity contribution in [3.05, 3.63) is 11.8 Å².